The number of carbonyl (C=O) groups excluding carboxylic acids is 1. The molecule has 0 atom stereocenters. The lowest BCUT2D eigenvalue weighted by Gasteiger charge is -2.09. The zero-order valence-electron chi connectivity index (χ0n) is 10.0. The average molecular weight is 279 g/mol. The molecular weight excluding hydrogens is 271 g/mol. The van der Waals surface area contributed by atoms with Gasteiger partial charge in [-0.3, -0.25) is 0 Å². The predicted molar refractivity (Wildman–Crippen MR) is 65.7 cm³/mol. The first kappa shape index (κ1) is 13.8. The highest BCUT2D eigenvalue weighted by atomic mass is 19.4. The molecule has 0 unspecified atom stereocenters. The van der Waals surface area contributed by atoms with Crippen LogP contribution < -0.4 is 4.74 Å². The van der Waals surface area contributed by atoms with Crippen molar-refractivity contribution in [3.8, 4) is 11.5 Å². The third-order valence-electron chi connectivity index (χ3n) is 2.44. The van der Waals surface area contributed by atoms with Crippen molar-refractivity contribution in [3.05, 3.63) is 54.1 Å². The van der Waals surface area contributed by atoms with Crippen molar-refractivity contribution in [1.82, 2.24) is 0 Å². The first-order chi connectivity index (χ1) is 9.50. The first-order valence-electron chi connectivity index (χ1n) is 5.53. The van der Waals surface area contributed by atoms with Crippen LogP contribution in [0, 0.1) is 0 Å². The highest BCUT2D eigenvalue weighted by Crippen LogP contribution is 2.34. The number of hydrogen-bond acceptors (Lipinski definition) is 3. The molecule has 0 saturated carbocycles. The number of halogens is 3. The molecule has 0 radical (unpaired) electrons. The van der Waals surface area contributed by atoms with Crippen molar-refractivity contribution < 1.29 is 22.7 Å². The summed E-state index contributed by atoms with van der Waals surface area (Å²) in [5.74, 6) is 0.474. The topological polar surface area (TPSA) is 38.7 Å². The number of hydrogen-bond donors (Lipinski definition) is 0. The Morgan fingerprint density at radius 3 is 2.25 bits per heavy atom. The quantitative estimate of drug-likeness (QED) is 0.614. The number of benzene rings is 2. The minimum atomic E-state index is -4.39. The Labute approximate surface area is 112 Å². The molecule has 0 amide bonds. The van der Waals surface area contributed by atoms with Gasteiger partial charge < -0.3 is 4.74 Å². The van der Waals surface area contributed by atoms with Gasteiger partial charge in [-0.25, -0.2) is 4.79 Å². The van der Waals surface area contributed by atoms with Gasteiger partial charge >= 0.3 is 6.18 Å². The van der Waals surface area contributed by atoms with Crippen LogP contribution in [0.3, 0.4) is 0 Å². The monoisotopic (exact) mass is 279 g/mol. The highest BCUT2D eigenvalue weighted by molar-refractivity contribution is 5.58. The van der Waals surface area contributed by atoms with Crippen LogP contribution >= 0.6 is 0 Å². The van der Waals surface area contributed by atoms with Gasteiger partial charge in [0.1, 0.15) is 11.4 Å². The summed E-state index contributed by atoms with van der Waals surface area (Å²) in [6, 6.07) is 10.6. The third-order valence-corrected chi connectivity index (χ3v) is 2.44. The second kappa shape index (κ2) is 5.59. The molecule has 0 aromatic heterocycles. The minimum absolute atomic E-state index is 0.214. The van der Waals surface area contributed by atoms with Crippen molar-refractivity contribution in [3.63, 3.8) is 0 Å². The van der Waals surface area contributed by atoms with E-state index >= 15 is 0 Å². The molecule has 0 aliphatic carbocycles. The van der Waals surface area contributed by atoms with Crippen LogP contribution in [0.1, 0.15) is 5.56 Å². The summed E-state index contributed by atoms with van der Waals surface area (Å²) in [5, 5.41) is 0. The van der Waals surface area contributed by atoms with Gasteiger partial charge in [0, 0.05) is 0 Å². The molecule has 2 rings (SSSR count). The number of alkyl halides is 3. The molecule has 0 aliphatic heterocycles. The van der Waals surface area contributed by atoms with E-state index < -0.39 is 11.7 Å². The number of ether oxygens (including phenoxy) is 1. The largest absolute Gasteiger partial charge is 0.455 e. The number of aliphatic imine (C=N–C) groups is 1. The van der Waals surface area contributed by atoms with Crippen molar-refractivity contribution in [1.29, 1.82) is 0 Å². The lowest BCUT2D eigenvalue weighted by Crippen LogP contribution is -2.03. The normalized spacial score (nSPS) is 10.8. The van der Waals surface area contributed by atoms with Gasteiger partial charge in [0.25, 0.3) is 0 Å². The van der Waals surface area contributed by atoms with Gasteiger partial charge in [-0.2, -0.15) is 18.2 Å². The zero-order chi connectivity index (χ0) is 14.6. The summed E-state index contributed by atoms with van der Waals surface area (Å²) in [6.07, 6.45) is -3.01. The van der Waals surface area contributed by atoms with Crippen LogP contribution in [0.15, 0.2) is 53.5 Å². The van der Waals surface area contributed by atoms with Crippen LogP contribution in [0.2, 0.25) is 0 Å². The van der Waals surface area contributed by atoms with Crippen LogP contribution in [-0.4, -0.2) is 6.08 Å². The van der Waals surface area contributed by atoms with Crippen molar-refractivity contribution in [2.24, 2.45) is 4.99 Å². The van der Waals surface area contributed by atoms with Gasteiger partial charge in [0.15, 0.2) is 5.75 Å². The Morgan fingerprint density at radius 2 is 1.65 bits per heavy atom. The van der Waals surface area contributed by atoms with Crippen molar-refractivity contribution in [2.75, 3.05) is 0 Å². The average Bonchev–Trinajstić information content (AvgIpc) is 2.41. The van der Waals surface area contributed by atoms with Gasteiger partial charge in [-0.1, -0.05) is 12.1 Å². The van der Waals surface area contributed by atoms with E-state index in [-0.39, 0.29) is 17.2 Å². The van der Waals surface area contributed by atoms with E-state index in [1.165, 1.54) is 24.3 Å². The number of isocyanates is 1. The molecule has 2 aromatic carbocycles. The summed E-state index contributed by atoms with van der Waals surface area (Å²) in [5.41, 5.74) is -0.508. The van der Waals surface area contributed by atoms with Gasteiger partial charge in [-0.05, 0) is 36.4 Å². The summed E-state index contributed by atoms with van der Waals surface area (Å²) in [6.45, 7) is 0. The van der Waals surface area contributed by atoms with E-state index in [2.05, 4.69) is 4.99 Å². The zero-order valence-corrected chi connectivity index (χ0v) is 10.0. The van der Waals surface area contributed by atoms with Crippen molar-refractivity contribution >= 4 is 11.8 Å². The van der Waals surface area contributed by atoms with E-state index in [9.17, 15) is 18.0 Å². The first-order valence-corrected chi connectivity index (χ1v) is 5.53. The summed E-state index contributed by atoms with van der Waals surface area (Å²) in [7, 11) is 0. The van der Waals surface area contributed by atoms with E-state index in [0.717, 1.165) is 12.1 Å². The second-order valence-corrected chi connectivity index (χ2v) is 3.80. The lowest BCUT2D eigenvalue weighted by atomic mass is 10.2. The Kier molecular flexibility index (Phi) is 3.86. The smallest absolute Gasteiger partial charge is 0.416 e. The van der Waals surface area contributed by atoms with E-state index in [0.29, 0.717) is 0 Å². The molecular formula is C14H8F3NO2. The third kappa shape index (κ3) is 3.24. The van der Waals surface area contributed by atoms with E-state index in [1.807, 2.05) is 0 Å². The maximum absolute atomic E-state index is 12.4. The molecule has 0 N–H and O–H groups in total. The van der Waals surface area contributed by atoms with Gasteiger partial charge in [0.05, 0.1) is 5.56 Å². The fourth-order valence-electron chi connectivity index (χ4n) is 1.52. The molecule has 0 aliphatic rings. The number of para-hydroxylation sites is 2. The Morgan fingerprint density at radius 1 is 1.00 bits per heavy atom. The number of nitrogens with zero attached hydrogens (tertiary/aromatic N) is 1. The Balaban J connectivity index is 2.25. The van der Waals surface area contributed by atoms with E-state index in [4.69, 9.17) is 4.74 Å². The van der Waals surface area contributed by atoms with Gasteiger partial charge in [0.2, 0.25) is 6.08 Å². The molecule has 0 bridgehead atoms. The van der Waals surface area contributed by atoms with Crippen molar-refractivity contribution in [2.45, 2.75) is 6.18 Å². The standard InChI is InChI=1S/C14H8F3NO2/c15-14(16,17)10-5-7-11(8-6-10)20-13-4-2-1-3-12(13)18-9-19/h1-8H. The number of rotatable bonds is 3. The molecule has 20 heavy (non-hydrogen) atoms. The molecule has 102 valence electrons. The van der Waals surface area contributed by atoms with Crippen LogP contribution in [0.4, 0.5) is 18.9 Å². The summed E-state index contributed by atoms with van der Waals surface area (Å²) in [4.78, 5) is 13.7. The van der Waals surface area contributed by atoms with Crippen LogP contribution in [0.5, 0.6) is 11.5 Å². The molecule has 6 heteroatoms. The Bertz CT molecular complexity index is 644. The maximum atomic E-state index is 12.4. The molecule has 0 spiro atoms. The molecule has 0 fully saturated rings. The molecule has 2 aromatic rings. The summed E-state index contributed by atoms with van der Waals surface area (Å²) >= 11 is 0. The fraction of sp³-hybridized carbons (Fsp3) is 0.0714. The Hall–Kier alpha value is -2.59. The van der Waals surface area contributed by atoms with Crippen LogP contribution in [-0.2, 0) is 11.0 Å². The SMILES string of the molecule is O=C=Nc1ccccc1Oc1ccc(C(F)(F)F)cc1. The van der Waals surface area contributed by atoms with E-state index in [1.54, 1.807) is 18.2 Å². The molecule has 0 heterocycles. The highest BCUT2D eigenvalue weighted by Gasteiger charge is 2.30. The fourth-order valence-corrected chi connectivity index (χ4v) is 1.52. The molecule has 0 saturated heterocycles. The lowest BCUT2D eigenvalue weighted by molar-refractivity contribution is -0.137. The van der Waals surface area contributed by atoms with Gasteiger partial charge in [-0.15, -0.1) is 0 Å². The second-order valence-electron chi connectivity index (χ2n) is 3.80. The predicted octanol–water partition coefficient (Wildman–Crippen LogP) is 4.47. The van der Waals surface area contributed by atoms with Crippen LogP contribution in [0.25, 0.3) is 0 Å². The molecule has 3 nitrogen and oxygen atoms in total. The maximum Gasteiger partial charge on any atom is 0.416 e. The summed E-state index contributed by atoms with van der Waals surface area (Å²) < 4.78 is 42.6. The minimum Gasteiger partial charge on any atom is -0.455 e.